The zero-order valence-corrected chi connectivity index (χ0v) is 12.4. The molecule has 0 spiro atoms. The molecule has 4 heteroatoms. The van der Waals surface area contributed by atoms with E-state index >= 15 is 0 Å². The molecule has 1 aromatic carbocycles. The Balaban J connectivity index is 1.89. The lowest BCUT2D eigenvalue weighted by Gasteiger charge is -2.34. The lowest BCUT2D eigenvalue weighted by molar-refractivity contribution is 0.146. The van der Waals surface area contributed by atoms with Crippen molar-refractivity contribution in [3.05, 3.63) is 35.1 Å². The van der Waals surface area contributed by atoms with Gasteiger partial charge in [-0.25, -0.2) is 9.18 Å². The molecular weight excluding hydrogens is 255 g/mol. The van der Waals surface area contributed by atoms with Crippen LogP contribution in [0.15, 0.2) is 18.2 Å². The van der Waals surface area contributed by atoms with E-state index in [1.807, 2.05) is 11.0 Å². The minimum Gasteiger partial charge on any atom is -0.334 e. The average Bonchev–Trinajstić information content (AvgIpc) is 2.38. The maximum absolute atomic E-state index is 13.4. The van der Waals surface area contributed by atoms with Gasteiger partial charge in [-0.3, -0.25) is 0 Å². The van der Waals surface area contributed by atoms with Crippen LogP contribution in [-0.2, 0) is 6.54 Å². The molecule has 1 fully saturated rings. The van der Waals surface area contributed by atoms with Gasteiger partial charge >= 0.3 is 6.03 Å². The fraction of sp³-hybridized carbons (Fsp3) is 0.562. The number of nitrogens with one attached hydrogen (secondary N) is 1. The lowest BCUT2D eigenvalue weighted by atomic mass is 9.92. The molecule has 0 aromatic heterocycles. The third-order valence-corrected chi connectivity index (χ3v) is 3.84. The summed E-state index contributed by atoms with van der Waals surface area (Å²) in [4.78, 5) is 14.0. The van der Waals surface area contributed by atoms with Gasteiger partial charge in [-0.05, 0) is 42.4 Å². The normalized spacial score (nSPS) is 22.7. The van der Waals surface area contributed by atoms with E-state index in [0.717, 1.165) is 18.7 Å². The highest BCUT2D eigenvalue weighted by Crippen LogP contribution is 2.20. The monoisotopic (exact) mass is 278 g/mol. The van der Waals surface area contributed by atoms with E-state index in [4.69, 9.17) is 0 Å². The summed E-state index contributed by atoms with van der Waals surface area (Å²) in [5, 5.41) is 2.88. The number of nitrogens with zero attached hydrogens (tertiary/aromatic N) is 1. The highest BCUT2D eigenvalue weighted by Gasteiger charge is 2.25. The van der Waals surface area contributed by atoms with Crippen LogP contribution < -0.4 is 5.32 Å². The molecule has 0 aliphatic carbocycles. The summed E-state index contributed by atoms with van der Waals surface area (Å²) in [5.41, 5.74) is 1.42. The molecule has 2 amide bonds. The summed E-state index contributed by atoms with van der Waals surface area (Å²) < 4.78 is 13.4. The molecule has 1 aromatic rings. The number of piperidine rings is 1. The molecule has 1 aliphatic rings. The number of benzene rings is 1. The molecule has 0 radical (unpaired) electrons. The topological polar surface area (TPSA) is 32.3 Å². The van der Waals surface area contributed by atoms with Crippen LogP contribution in [0.3, 0.4) is 0 Å². The molecular formula is C16H23FN2O. The Morgan fingerprint density at radius 3 is 2.60 bits per heavy atom. The molecule has 0 bridgehead atoms. The smallest absolute Gasteiger partial charge is 0.317 e. The van der Waals surface area contributed by atoms with E-state index < -0.39 is 0 Å². The maximum Gasteiger partial charge on any atom is 0.317 e. The summed E-state index contributed by atoms with van der Waals surface area (Å²) >= 11 is 0. The molecule has 3 nitrogen and oxygen atoms in total. The number of likely N-dealkylation sites (tertiary alicyclic amines) is 1. The van der Waals surface area contributed by atoms with E-state index in [-0.39, 0.29) is 11.8 Å². The first-order valence-electron chi connectivity index (χ1n) is 7.23. The van der Waals surface area contributed by atoms with Crippen molar-refractivity contribution in [2.75, 3.05) is 13.1 Å². The minimum atomic E-state index is -0.225. The summed E-state index contributed by atoms with van der Waals surface area (Å²) in [6.45, 7) is 8.05. The lowest BCUT2D eigenvalue weighted by Crippen LogP contribution is -2.47. The van der Waals surface area contributed by atoms with Crippen LogP contribution in [0.4, 0.5) is 9.18 Å². The molecule has 2 rings (SSSR count). The Morgan fingerprint density at radius 2 is 2.00 bits per heavy atom. The largest absolute Gasteiger partial charge is 0.334 e. The number of carbonyl (C=O) groups excluding carboxylic acids is 1. The Labute approximate surface area is 120 Å². The number of carbonyl (C=O) groups is 1. The van der Waals surface area contributed by atoms with Gasteiger partial charge in [0.2, 0.25) is 0 Å². The fourth-order valence-corrected chi connectivity index (χ4v) is 2.86. The third kappa shape index (κ3) is 3.71. The van der Waals surface area contributed by atoms with Crippen LogP contribution in [0.1, 0.15) is 31.4 Å². The minimum absolute atomic E-state index is 0.0515. The van der Waals surface area contributed by atoms with E-state index in [9.17, 15) is 9.18 Å². The summed E-state index contributed by atoms with van der Waals surface area (Å²) in [6.07, 6.45) is 1.17. The number of rotatable bonds is 2. The van der Waals surface area contributed by atoms with Crippen molar-refractivity contribution in [1.82, 2.24) is 10.2 Å². The van der Waals surface area contributed by atoms with Gasteiger partial charge < -0.3 is 10.2 Å². The molecule has 1 heterocycles. The fourth-order valence-electron chi connectivity index (χ4n) is 2.86. The summed E-state index contributed by atoms with van der Waals surface area (Å²) in [5.74, 6) is 0.861. The number of hydrogen-bond donors (Lipinski definition) is 1. The zero-order valence-electron chi connectivity index (χ0n) is 12.4. The van der Waals surface area contributed by atoms with Crippen molar-refractivity contribution in [3.63, 3.8) is 0 Å². The first-order chi connectivity index (χ1) is 9.45. The van der Waals surface area contributed by atoms with Crippen LogP contribution in [0.2, 0.25) is 0 Å². The quantitative estimate of drug-likeness (QED) is 0.884. The molecule has 2 unspecified atom stereocenters. The molecule has 1 saturated heterocycles. The standard InChI is InChI=1S/C16H23FN2O/c1-11-6-12(2)10-19(9-11)16(20)18-8-14-5-4-13(3)15(17)7-14/h4-5,7,11-12H,6,8-10H2,1-3H3,(H,18,20). The van der Waals surface area contributed by atoms with E-state index in [0.29, 0.717) is 23.9 Å². The van der Waals surface area contributed by atoms with Crippen molar-refractivity contribution in [2.45, 2.75) is 33.7 Å². The van der Waals surface area contributed by atoms with Gasteiger partial charge in [0.15, 0.2) is 0 Å². The first kappa shape index (κ1) is 14.8. The highest BCUT2D eigenvalue weighted by atomic mass is 19.1. The number of halogens is 1. The molecule has 110 valence electrons. The van der Waals surface area contributed by atoms with E-state index in [1.54, 1.807) is 13.0 Å². The summed E-state index contributed by atoms with van der Waals surface area (Å²) in [7, 11) is 0. The van der Waals surface area contributed by atoms with E-state index in [1.165, 1.54) is 12.5 Å². The van der Waals surface area contributed by atoms with Gasteiger partial charge in [0.1, 0.15) is 5.82 Å². The second kappa shape index (κ2) is 6.25. The van der Waals surface area contributed by atoms with Crippen molar-refractivity contribution in [2.24, 2.45) is 11.8 Å². The summed E-state index contributed by atoms with van der Waals surface area (Å²) in [6, 6.07) is 5.02. The maximum atomic E-state index is 13.4. The van der Waals surface area contributed by atoms with Crippen LogP contribution in [0.5, 0.6) is 0 Å². The number of amides is 2. The molecule has 2 atom stereocenters. The van der Waals surface area contributed by atoms with Gasteiger partial charge in [0.25, 0.3) is 0 Å². The van der Waals surface area contributed by atoms with Crippen LogP contribution in [-0.4, -0.2) is 24.0 Å². The number of aryl methyl sites for hydroxylation is 1. The van der Waals surface area contributed by atoms with Gasteiger partial charge in [0, 0.05) is 19.6 Å². The molecule has 0 saturated carbocycles. The predicted octanol–water partition coefficient (Wildman–Crippen LogP) is 3.32. The predicted molar refractivity (Wildman–Crippen MR) is 77.9 cm³/mol. The highest BCUT2D eigenvalue weighted by molar-refractivity contribution is 5.74. The van der Waals surface area contributed by atoms with Crippen molar-refractivity contribution in [3.8, 4) is 0 Å². The second-order valence-corrected chi connectivity index (χ2v) is 6.09. The van der Waals surface area contributed by atoms with Crippen LogP contribution >= 0.6 is 0 Å². The number of urea groups is 1. The van der Waals surface area contributed by atoms with Crippen molar-refractivity contribution in [1.29, 1.82) is 0 Å². The van der Waals surface area contributed by atoms with Crippen molar-refractivity contribution < 1.29 is 9.18 Å². The Bertz CT molecular complexity index is 479. The van der Waals surface area contributed by atoms with Crippen LogP contribution in [0, 0.1) is 24.6 Å². The Morgan fingerprint density at radius 1 is 1.35 bits per heavy atom. The van der Waals surface area contributed by atoms with Crippen molar-refractivity contribution >= 4 is 6.03 Å². The Hall–Kier alpha value is -1.58. The second-order valence-electron chi connectivity index (χ2n) is 6.09. The van der Waals surface area contributed by atoms with E-state index in [2.05, 4.69) is 19.2 Å². The van der Waals surface area contributed by atoms with Gasteiger partial charge in [-0.2, -0.15) is 0 Å². The first-order valence-corrected chi connectivity index (χ1v) is 7.23. The molecule has 20 heavy (non-hydrogen) atoms. The average molecular weight is 278 g/mol. The number of hydrogen-bond acceptors (Lipinski definition) is 1. The van der Waals surface area contributed by atoms with Gasteiger partial charge in [0.05, 0.1) is 0 Å². The molecule has 1 aliphatic heterocycles. The Kier molecular flexibility index (Phi) is 4.63. The van der Waals surface area contributed by atoms with Gasteiger partial charge in [-0.15, -0.1) is 0 Å². The molecule has 1 N–H and O–H groups in total. The zero-order chi connectivity index (χ0) is 14.7. The SMILES string of the molecule is Cc1ccc(CNC(=O)N2CC(C)CC(C)C2)cc1F. The van der Waals surface area contributed by atoms with Gasteiger partial charge in [-0.1, -0.05) is 26.0 Å². The van der Waals surface area contributed by atoms with Crippen LogP contribution in [0.25, 0.3) is 0 Å². The third-order valence-electron chi connectivity index (χ3n) is 3.84.